The van der Waals surface area contributed by atoms with Crippen molar-refractivity contribution in [3.05, 3.63) is 72.0 Å². The van der Waals surface area contributed by atoms with E-state index >= 15 is 0 Å². The van der Waals surface area contributed by atoms with Crippen LogP contribution in [0.15, 0.2) is 67.0 Å². The van der Waals surface area contributed by atoms with Crippen LogP contribution in [0.5, 0.6) is 0 Å². The molecule has 20 heavy (non-hydrogen) atoms. The number of halogens is 1. The first-order valence-electron chi connectivity index (χ1n) is 6.44. The second kappa shape index (κ2) is 4.36. The lowest BCUT2D eigenvalue weighted by Gasteiger charge is -2.02. The lowest BCUT2D eigenvalue weighted by atomic mass is 10.0. The molecule has 0 N–H and O–H groups in total. The first-order chi connectivity index (χ1) is 9.81. The van der Waals surface area contributed by atoms with Crippen molar-refractivity contribution in [3.8, 4) is 11.3 Å². The van der Waals surface area contributed by atoms with Gasteiger partial charge in [0.05, 0.1) is 10.7 Å². The molecule has 0 spiro atoms. The maximum atomic E-state index is 6.02. The van der Waals surface area contributed by atoms with Crippen molar-refractivity contribution in [2.24, 2.45) is 0 Å². The normalized spacial score (nSPS) is 11.2. The number of hydrogen-bond acceptors (Lipinski definition) is 1. The van der Waals surface area contributed by atoms with E-state index in [2.05, 4.69) is 47.4 Å². The molecule has 4 rings (SSSR count). The van der Waals surface area contributed by atoms with Crippen molar-refractivity contribution in [3.63, 3.8) is 0 Å². The van der Waals surface area contributed by atoms with Crippen LogP contribution in [0.2, 0.25) is 5.02 Å². The summed E-state index contributed by atoms with van der Waals surface area (Å²) in [5.41, 5.74) is 3.00. The predicted molar refractivity (Wildman–Crippen MR) is 83.1 cm³/mol. The number of nitrogens with zero attached hydrogens (tertiary/aromatic N) is 2. The standard InChI is InChI=1S/C17H11ClN2/c18-13-8-9-17-19-16(11-20(17)10-13)15-7-3-5-12-4-1-2-6-14(12)15/h1-11H. The van der Waals surface area contributed by atoms with Gasteiger partial charge in [-0.25, -0.2) is 4.98 Å². The van der Waals surface area contributed by atoms with Crippen LogP contribution in [0, 0.1) is 0 Å². The van der Waals surface area contributed by atoms with Crippen LogP contribution in [0.4, 0.5) is 0 Å². The van der Waals surface area contributed by atoms with Crippen LogP contribution >= 0.6 is 11.6 Å². The molecule has 2 heterocycles. The highest BCUT2D eigenvalue weighted by atomic mass is 35.5. The average molecular weight is 279 g/mol. The summed E-state index contributed by atoms with van der Waals surface area (Å²) in [5.74, 6) is 0. The summed E-state index contributed by atoms with van der Waals surface area (Å²) in [4.78, 5) is 4.68. The number of benzene rings is 2. The van der Waals surface area contributed by atoms with E-state index in [-0.39, 0.29) is 0 Å². The molecule has 0 bridgehead atoms. The van der Waals surface area contributed by atoms with Crippen molar-refractivity contribution < 1.29 is 0 Å². The minimum atomic E-state index is 0.708. The molecule has 0 saturated carbocycles. The van der Waals surface area contributed by atoms with E-state index in [1.54, 1.807) is 0 Å². The minimum Gasteiger partial charge on any atom is -0.305 e. The van der Waals surface area contributed by atoms with Crippen molar-refractivity contribution in [1.82, 2.24) is 9.38 Å². The third-order valence-electron chi connectivity index (χ3n) is 3.48. The molecule has 0 atom stereocenters. The van der Waals surface area contributed by atoms with Gasteiger partial charge in [-0.1, -0.05) is 54.1 Å². The SMILES string of the molecule is Clc1ccc2nc(-c3cccc4ccccc34)cn2c1. The zero-order chi connectivity index (χ0) is 13.5. The summed E-state index contributed by atoms with van der Waals surface area (Å²) in [6.45, 7) is 0. The van der Waals surface area contributed by atoms with Crippen LogP contribution in [-0.2, 0) is 0 Å². The van der Waals surface area contributed by atoms with Gasteiger partial charge in [-0.15, -0.1) is 0 Å². The lowest BCUT2D eigenvalue weighted by molar-refractivity contribution is 1.19. The zero-order valence-corrected chi connectivity index (χ0v) is 11.4. The molecule has 2 aromatic heterocycles. The predicted octanol–water partition coefficient (Wildman–Crippen LogP) is 4.81. The number of fused-ring (bicyclic) bond motifs is 2. The molecule has 2 nitrogen and oxygen atoms in total. The Bertz CT molecular complexity index is 919. The summed E-state index contributed by atoms with van der Waals surface area (Å²) in [6, 6.07) is 18.4. The third kappa shape index (κ3) is 1.77. The molecule has 2 aromatic carbocycles. The van der Waals surface area contributed by atoms with E-state index in [1.807, 2.05) is 28.9 Å². The van der Waals surface area contributed by atoms with Gasteiger partial charge in [0.2, 0.25) is 0 Å². The molecule has 0 radical (unpaired) electrons. The van der Waals surface area contributed by atoms with Crippen molar-refractivity contribution >= 4 is 28.0 Å². The topological polar surface area (TPSA) is 17.3 Å². The quantitative estimate of drug-likeness (QED) is 0.488. The fraction of sp³-hybridized carbons (Fsp3) is 0. The Kier molecular flexibility index (Phi) is 2.51. The van der Waals surface area contributed by atoms with Gasteiger partial charge < -0.3 is 4.40 Å². The fourth-order valence-electron chi connectivity index (χ4n) is 2.54. The van der Waals surface area contributed by atoms with Gasteiger partial charge in [-0.05, 0) is 22.9 Å². The molecule has 0 aliphatic carbocycles. The molecular weight excluding hydrogens is 268 g/mol. The highest BCUT2D eigenvalue weighted by Gasteiger charge is 2.07. The molecule has 0 aliphatic heterocycles. The Labute approximate surface area is 121 Å². The Morgan fingerprint density at radius 1 is 0.850 bits per heavy atom. The second-order valence-electron chi connectivity index (χ2n) is 4.77. The molecule has 3 heteroatoms. The molecule has 4 aromatic rings. The van der Waals surface area contributed by atoms with Crippen LogP contribution in [0.25, 0.3) is 27.7 Å². The van der Waals surface area contributed by atoms with Crippen molar-refractivity contribution in [2.45, 2.75) is 0 Å². The largest absolute Gasteiger partial charge is 0.305 e. The molecule has 0 unspecified atom stereocenters. The van der Waals surface area contributed by atoms with Gasteiger partial charge in [0.15, 0.2) is 0 Å². The Balaban J connectivity index is 2.01. The average Bonchev–Trinajstić information content (AvgIpc) is 2.89. The number of aromatic nitrogens is 2. The van der Waals surface area contributed by atoms with Crippen LogP contribution in [0.1, 0.15) is 0 Å². The molecule has 0 fully saturated rings. The van der Waals surface area contributed by atoms with E-state index in [1.165, 1.54) is 10.8 Å². The number of hydrogen-bond donors (Lipinski definition) is 0. The fourth-order valence-corrected chi connectivity index (χ4v) is 2.71. The van der Waals surface area contributed by atoms with Crippen LogP contribution in [0.3, 0.4) is 0 Å². The second-order valence-corrected chi connectivity index (χ2v) is 5.20. The van der Waals surface area contributed by atoms with E-state index < -0.39 is 0 Å². The molecule has 0 saturated heterocycles. The van der Waals surface area contributed by atoms with Crippen molar-refractivity contribution in [1.29, 1.82) is 0 Å². The summed E-state index contributed by atoms with van der Waals surface area (Å²) in [5, 5.41) is 3.14. The first-order valence-corrected chi connectivity index (χ1v) is 6.81. The minimum absolute atomic E-state index is 0.708. The number of imidazole rings is 1. The molecule has 96 valence electrons. The van der Waals surface area contributed by atoms with Gasteiger partial charge in [0, 0.05) is 18.0 Å². The van der Waals surface area contributed by atoms with E-state index in [0.717, 1.165) is 16.9 Å². The monoisotopic (exact) mass is 278 g/mol. The summed E-state index contributed by atoms with van der Waals surface area (Å²) < 4.78 is 1.96. The zero-order valence-electron chi connectivity index (χ0n) is 10.6. The smallest absolute Gasteiger partial charge is 0.137 e. The van der Waals surface area contributed by atoms with Gasteiger partial charge in [0.25, 0.3) is 0 Å². The van der Waals surface area contributed by atoms with E-state index in [9.17, 15) is 0 Å². The lowest BCUT2D eigenvalue weighted by Crippen LogP contribution is -1.80. The Morgan fingerprint density at radius 3 is 2.65 bits per heavy atom. The maximum absolute atomic E-state index is 6.02. The van der Waals surface area contributed by atoms with E-state index in [0.29, 0.717) is 5.02 Å². The molecular formula is C17H11ClN2. The number of rotatable bonds is 1. The highest BCUT2D eigenvalue weighted by molar-refractivity contribution is 6.30. The Morgan fingerprint density at radius 2 is 1.70 bits per heavy atom. The number of pyridine rings is 1. The summed E-state index contributed by atoms with van der Waals surface area (Å²) >= 11 is 6.02. The van der Waals surface area contributed by atoms with Gasteiger partial charge in [-0.3, -0.25) is 0 Å². The van der Waals surface area contributed by atoms with Gasteiger partial charge in [-0.2, -0.15) is 0 Å². The first kappa shape index (κ1) is 11.5. The van der Waals surface area contributed by atoms with E-state index in [4.69, 9.17) is 11.6 Å². The van der Waals surface area contributed by atoms with Gasteiger partial charge >= 0.3 is 0 Å². The van der Waals surface area contributed by atoms with Crippen LogP contribution < -0.4 is 0 Å². The highest BCUT2D eigenvalue weighted by Crippen LogP contribution is 2.28. The maximum Gasteiger partial charge on any atom is 0.137 e. The Hall–Kier alpha value is -2.32. The summed E-state index contributed by atoms with van der Waals surface area (Å²) in [7, 11) is 0. The van der Waals surface area contributed by atoms with Crippen LogP contribution in [-0.4, -0.2) is 9.38 Å². The third-order valence-corrected chi connectivity index (χ3v) is 3.70. The van der Waals surface area contributed by atoms with Crippen molar-refractivity contribution in [2.75, 3.05) is 0 Å². The molecule has 0 aliphatic rings. The molecule has 0 amide bonds. The van der Waals surface area contributed by atoms with Gasteiger partial charge in [0.1, 0.15) is 5.65 Å². The summed E-state index contributed by atoms with van der Waals surface area (Å²) in [6.07, 6.45) is 3.89.